The van der Waals surface area contributed by atoms with Gasteiger partial charge in [-0.2, -0.15) is 4.98 Å². The van der Waals surface area contributed by atoms with Crippen molar-refractivity contribution in [2.45, 2.75) is 39.7 Å². The van der Waals surface area contributed by atoms with Crippen LogP contribution in [0.15, 0.2) is 34.9 Å². The molecule has 0 radical (unpaired) electrons. The number of fused-ring (bicyclic) bond motifs is 1. The van der Waals surface area contributed by atoms with Crippen molar-refractivity contribution in [2.75, 3.05) is 11.9 Å². The molecule has 136 valence electrons. The van der Waals surface area contributed by atoms with Crippen LogP contribution in [-0.2, 0) is 11.2 Å². The molecule has 1 atom stereocenters. The van der Waals surface area contributed by atoms with Crippen LogP contribution in [0.1, 0.15) is 42.1 Å². The Bertz CT molecular complexity index is 892. The number of esters is 1. The molecular formula is C19H22N4O3. The van der Waals surface area contributed by atoms with E-state index in [1.807, 2.05) is 25.1 Å². The fourth-order valence-electron chi connectivity index (χ4n) is 2.71. The maximum Gasteiger partial charge on any atom is 0.376 e. The molecule has 3 aromatic rings. The SMILES string of the molecule is CCOC(=O)c1nc(NC(C)CCc2ccccc2)c2c(C)noc2n1. The minimum absolute atomic E-state index is 0.0340. The number of ether oxygens (including phenoxy) is 1. The second-order valence-corrected chi connectivity index (χ2v) is 6.13. The summed E-state index contributed by atoms with van der Waals surface area (Å²) in [6.07, 6.45) is 1.85. The zero-order valence-electron chi connectivity index (χ0n) is 15.2. The second-order valence-electron chi connectivity index (χ2n) is 6.13. The first-order valence-electron chi connectivity index (χ1n) is 8.70. The molecule has 0 aliphatic heterocycles. The third-order valence-corrected chi connectivity index (χ3v) is 4.06. The molecule has 1 N–H and O–H groups in total. The molecule has 1 aromatic carbocycles. The van der Waals surface area contributed by atoms with Crippen LogP contribution >= 0.6 is 0 Å². The number of hydrogen-bond donors (Lipinski definition) is 1. The predicted octanol–water partition coefficient (Wildman–Crippen LogP) is 3.54. The Labute approximate surface area is 151 Å². The fraction of sp³-hybridized carbons (Fsp3) is 0.368. The highest BCUT2D eigenvalue weighted by atomic mass is 16.5. The summed E-state index contributed by atoms with van der Waals surface area (Å²) in [5.41, 5.74) is 2.23. The number of aryl methyl sites for hydroxylation is 2. The molecule has 0 aliphatic carbocycles. The van der Waals surface area contributed by atoms with Crippen molar-refractivity contribution in [1.29, 1.82) is 0 Å². The summed E-state index contributed by atoms with van der Waals surface area (Å²) in [5, 5.41) is 7.98. The molecule has 0 saturated carbocycles. The van der Waals surface area contributed by atoms with E-state index in [9.17, 15) is 4.79 Å². The van der Waals surface area contributed by atoms with Gasteiger partial charge in [-0.05, 0) is 39.2 Å². The largest absolute Gasteiger partial charge is 0.460 e. The first-order valence-corrected chi connectivity index (χ1v) is 8.70. The van der Waals surface area contributed by atoms with E-state index < -0.39 is 5.97 Å². The predicted molar refractivity (Wildman–Crippen MR) is 98.1 cm³/mol. The van der Waals surface area contributed by atoms with Crippen LogP contribution in [0.25, 0.3) is 11.1 Å². The van der Waals surface area contributed by atoms with E-state index in [0.29, 0.717) is 16.9 Å². The highest BCUT2D eigenvalue weighted by Gasteiger charge is 2.20. The van der Waals surface area contributed by atoms with E-state index >= 15 is 0 Å². The van der Waals surface area contributed by atoms with E-state index in [2.05, 4.69) is 39.5 Å². The Balaban J connectivity index is 1.80. The lowest BCUT2D eigenvalue weighted by Gasteiger charge is -2.15. The zero-order chi connectivity index (χ0) is 18.5. The van der Waals surface area contributed by atoms with Crippen molar-refractivity contribution in [3.8, 4) is 0 Å². The molecule has 7 heteroatoms. The quantitative estimate of drug-likeness (QED) is 0.649. The molecule has 0 amide bonds. The molecular weight excluding hydrogens is 332 g/mol. The topological polar surface area (TPSA) is 90.1 Å². The lowest BCUT2D eigenvalue weighted by Crippen LogP contribution is -2.19. The maximum atomic E-state index is 12.0. The first kappa shape index (κ1) is 17.8. The van der Waals surface area contributed by atoms with E-state index in [4.69, 9.17) is 9.26 Å². The minimum Gasteiger partial charge on any atom is -0.460 e. The summed E-state index contributed by atoms with van der Waals surface area (Å²) in [4.78, 5) is 20.5. The highest BCUT2D eigenvalue weighted by Crippen LogP contribution is 2.25. The Hall–Kier alpha value is -2.96. The van der Waals surface area contributed by atoms with Gasteiger partial charge in [-0.25, -0.2) is 9.78 Å². The lowest BCUT2D eigenvalue weighted by molar-refractivity contribution is 0.0512. The molecule has 0 aliphatic rings. The van der Waals surface area contributed by atoms with Gasteiger partial charge in [-0.1, -0.05) is 35.5 Å². The van der Waals surface area contributed by atoms with E-state index in [-0.39, 0.29) is 24.2 Å². The van der Waals surface area contributed by atoms with Crippen LogP contribution in [0.2, 0.25) is 0 Å². The van der Waals surface area contributed by atoms with Crippen LogP contribution < -0.4 is 5.32 Å². The van der Waals surface area contributed by atoms with Gasteiger partial charge in [0.05, 0.1) is 12.3 Å². The Morgan fingerprint density at radius 3 is 2.77 bits per heavy atom. The van der Waals surface area contributed by atoms with Gasteiger partial charge in [-0.3, -0.25) is 0 Å². The van der Waals surface area contributed by atoms with Gasteiger partial charge in [0.1, 0.15) is 11.2 Å². The van der Waals surface area contributed by atoms with Crippen LogP contribution in [0.4, 0.5) is 5.82 Å². The highest BCUT2D eigenvalue weighted by molar-refractivity contribution is 5.93. The molecule has 3 rings (SSSR count). The van der Waals surface area contributed by atoms with Crippen molar-refractivity contribution in [2.24, 2.45) is 0 Å². The first-order chi connectivity index (χ1) is 12.6. The van der Waals surface area contributed by atoms with Crippen LogP contribution in [0.5, 0.6) is 0 Å². The Morgan fingerprint density at radius 2 is 2.04 bits per heavy atom. The minimum atomic E-state index is -0.580. The molecule has 0 fully saturated rings. The number of nitrogens with zero attached hydrogens (tertiary/aromatic N) is 3. The third kappa shape index (κ3) is 3.99. The summed E-state index contributed by atoms with van der Waals surface area (Å²) in [6.45, 7) is 5.88. The number of hydrogen-bond acceptors (Lipinski definition) is 7. The van der Waals surface area contributed by atoms with Crippen molar-refractivity contribution in [1.82, 2.24) is 15.1 Å². The van der Waals surface area contributed by atoms with Gasteiger partial charge in [0.2, 0.25) is 5.82 Å². The van der Waals surface area contributed by atoms with Gasteiger partial charge in [0.15, 0.2) is 0 Å². The van der Waals surface area contributed by atoms with Gasteiger partial charge in [0, 0.05) is 6.04 Å². The number of nitrogens with one attached hydrogen (secondary N) is 1. The smallest absolute Gasteiger partial charge is 0.376 e. The van der Waals surface area contributed by atoms with Gasteiger partial charge in [-0.15, -0.1) is 0 Å². The van der Waals surface area contributed by atoms with Gasteiger partial charge in [0.25, 0.3) is 5.71 Å². The molecule has 2 aromatic heterocycles. The second kappa shape index (κ2) is 7.95. The number of carbonyl (C=O) groups excluding carboxylic acids is 1. The summed E-state index contributed by atoms with van der Waals surface area (Å²) in [7, 11) is 0. The molecule has 0 spiro atoms. The van der Waals surface area contributed by atoms with E-state index in [1.165, 1.54) is 5.56 Å². The van der Waals surface area contributed by atoms with Gasteiger partial charge >= 0.3 is 5.97 Å². The Morgan fingerprint density at radius 1 is 1.27 bits per heavy atom. The summed E-state index contributed by atoms with van der Waals surface area (Å²) < 4.78 is 10.2. The molecule has 7 nitrogen and oxygen atoms in total. The lowest BCUT2D eigenvalue weighted by atomic mass is 10.1. The third-order valence-electron chi connectivity index (χ3n) is 4.06. The van der Waals surface area contributed by atoms with Crippen LogP contribution in [-0.4, -0.2) is 33.7 Å². The van der Waals surface area contributed by atoms with E-state index in [1.54, 1.807) is 6.92 Å². The number of carbonyl (C=O) groups is 1. The average Bonchev–Trinajstić information content (AvgIpc) is 3.02. The molecule has 0 saturated heterocycles. The van der Waals surface area contributed by atoms with Crippen LogP contribution in [0, 0.1) is 6.92 Å². The summed E-state index contributed by atoms with van der Waals surface area (Å²) in [5.74, 6) is -0.0749. The molecule has 0 bridgehead atoms. The van der Waals surface area contributed by atoms with Gasteiger partial charge < -0.3 is 14.6 Å². The standard InChI is InChI=1S/C19H22N4O3/c1-4-25-19(24)17-21-16(15-13(3)23-26-18(15)22-17)20-12(2)10-11-14-8-6-5-7-9-14/h5-9,12H,4,10-11H2,1-3H3,(H,20,21,22). The fourth-order valence-corrected chi connectivity index (χ4v) is 2.71. The zero-order valence-corrected chi connectivity index (χ0v) is 15.2. The summed E-state index contributed by atoms with van der Waals surface area (Å²) >= 11 is 0. The number of rotatable bonds is 7. The summed E-state index contributed by atoms with van der Waals surface area (Å²) in [6, 6.07) is 10.4. The number of benzene rings is 1. The molecule has 2 heterocycles. The van der Waals surface area contributed by atoms with Crippen molar-refractivity contribution in [3.63, 3.8) is 0 Å². The average molecular weight is 354 g/mol. The van der Waals surface area contributed by atoms with Crippen LogP contribution in [0.3, 0.4) is 0 Å². The number of aromatic nitrogens is 3. The number of anilines is 1. The Kier molecular flexibility index (Phi) is 5.46. The monoisotopic (exact) mass is 354 g/mol. The van der Waals surface area contributed by atoms with E-state index in [0.717, 1.165) is 12.8 Å². The van der Waals surface area contributed by atoms with Crippen molar-refractivity contribution >= 4 is 22.9 Å². The molecule has 1 unspecified atom stereocenters. The normalized spacial score (nSPS) is 12.1. The maximum absolute atomic E-state index is 12.0. The van der Waals surface area contributed by atoms with Crippen molar-refractivity contribution in [3.05, 3.63) is 47.4 Å². The molecule has 26 heavy (non-hydrogen) atoms. The van der Waals surface area contributed by atoms with Crippen molar-refractivity contribution < 1.29 is 14.1 Å².